The van der Waals surface area contributed by atoms with Crippen molar-refractivity contribution in [1.82, 2.24) is 0 Å². The number of nitrogens with two attached hydrogens (primary N) is 1. The topological polar surface area (TPSA) is 82.5 Å². The van der Waals surface area contributed by atoms with Gasteiger partial charge in [0, 0.05) is 11.8 Å². The van der Waals surface area contributed by atoms with Crippen molar-refractivity contribution >= 4 is 22.6 Å². The van der Waals surface area contributed by atoms with Gasteiger partial charge in [-0.05, 0) is 25.1 Å². The van der Waals surface area contributed by atoms with Gasteiger partial charge in [0.2, 0.25) is 0 Å². The molecule has 0 bridgehead atoms. The zero-order valence-corrected chi connectivity index (χ0v) is 9.93. The van der Waals surface area contributed by atoms with Gasteiger partial charge in [-0.3, -0.25) is 9.59 Å². The summed E-state index contributed by atoms with van der Waals surface area (Å²) in [4.78, 5) is 23.1. The summed E-state index contributed by atoms with van der Waals surface area (Å²) in [6.45, 7) is 2.02. The van der Waals surface area contributed by atoms with Gasteiger partial charge in [0.15, 0.2) is 5.43 Å². The van der Waals surface area contributed by atoms with Crippen molar-refractivity contribution in [1.29, 1.82) is 0 Å². The molecule has 1 aromatic heterocycles. The van der Waals surface area contributed by atoms with Gasteiger partial charge in [0.1, 0.15) is 17.8 Å². The fourth-order valence-electron chi connectivity index (χ4n) is 1.67. The van der Waals surface area contributed by atoms with Crippen molar-refractivity contribution in [3.8, 4) is 0 Å². The Labute approximate surface area is 103 Å². The number of carbonyl (C=O) groups is 1. The molecule has 0 aliphatic carbocycles. The molecular formula is C13H13NO4. The van der Waals surface area contributed by atoms with Gasteiger partial charge in [-0.15, -0.1) is 0 Å². The summed E-state index contributed by atoms with van der Waals surface area (Å²) in [6.07, 6.45) is -0.0522. The average Bonchev–Trinajstić information content (AvgIpc) is 2.30. The second-order valence-corrected chi connectivity index (χ2v) is 3.81. The SMILES string of the molecule is CCOC(=O)Cc1cc(=O)c2cc(N)ccc2o1. The normalized spacial score (nSPS) is 10.5. The van der Waals surface area contributed by atoms with Gasteiger partial charge < -0.3 is 14.9 Å². The number of carbonyl (C=O) groups excluding carboxylic acids is 1. The van der Waals surface area contributed by atoms with Gasteiger partial charge in [-0.1, -0.05) is 0 Å². The minimum atomic E-state index is -0.421. The van der Waals surface area contributed by atoms with E-state index >= 15 is 0 Å². The van der Waals surface area contributed by atoms with Crippen molar-refractivity contribution < 1.29 is 13.9 Å². The average molecular weight is 247 g/mol. The lowest BCUT2D eigenvalue weighted by atomic mass is 10.2. The van der Waals surface area contributed by atoms with Crippen LogP contribution in [0.2, 0.25) is 0 Å². The number of hydrogen-bond donors (Lipinski definition) is 1. The van der Waals surface area contributed by atoms with Gasteiger partial charge in [0.05, 0.1) is 12.0 Å². The Bertz CT molecular complexity index is 645. The summed E-state index contributed by atoms with van der Waals surface area (Å²) in [7, 11) is 0. The summed E-state index contributed by atoms with van der Waals surface area (Å²) in [5.41, 5.74) is 6.28. The predicted molar refractivity (Wildman–Crippen MR) is 67.2 cm³/mol. The molecule has 5 nitrogen and oxygen atoms in total. The van der Waals surface area contributed by atoms with Crippen molar-refractivity contribution in [2.75, 3.05) is 12.3 Å². The number of ether oxygens (including phenoxy) is 1. The van der Waals surface area contributed by atoms with Gasteiger partial charge in [0.25, 0.3) is 0 Å². The third-order valence-corrected chi connectivity index (χ3v) is 2.43. The summed E-state index contributed by atoms with van der Waals surface area (Å²) >= 11 is 0. The molecule has 0 atom stereocenters. The molecule has 0 radical (unpaired) electrons. The first-order valence-electron chi connectivity index (χ1n) is 5.58. The zero-order valence-electron chi connectivity index (χ0n) is 9.93. The van der Waals surface area contributed by atoms with Crippen LogP contribution in [0.1, 0.15) is 12.7 Å². The highest BCUT2D eigenvalue weighted by atomic mass is 16.5. The van der Waals surface area contributed by atoms with E-state index < -0.39 is 5.97 Å². The van der Waals surface area contributed by atoms with E-state index in [1.54, 1.807) is 25.1 Å². The molecule has 0 saturated heterocycles. The van der Waals surface area contributed by atoms with Crippen molar-refractivity contribution in [3.05, 3.63) is 40.2 Å². The lowest BCUT2D eigenvalue weighted by molar-refractivity contribution is -0.142. The Morgan fingerprint density at radius 2 is 2.17 bits per heavy atom. The molecule has 5 heteroatoms. The van der Waals surface area contributed by atoms with E-state index in [0.29, 0.717) is 23.3 Å². The largest absolute Gasteiger partial charge is 0.466 e. The summed E-state index contributed by atoms with van der Waals surface area (Å²) in [5.74, 6) is -0.133. The molecule has 2 aromatic rings. The van der Waals surface area contributed by atoms with E-state index in [9.17, 15) is 9.59 Å². The van der Waals surface area contributed by atoms with Gasteiger partial charge >= 0.3 is 5.97 Å². The molecule has 0 aliphatic heterocycles. The first-order chi connectivity index (χ1) is 8.60. The van der Waals surface area contributed by atoms with Gasteiger partial charge in [-0.25, -0.2) is 0 Å². The first kappa shape index (κ1) is 12.2. The number of hydrogen-bond acceptors (Lipinski definition) is 5. The van der Waals surface area contributed by atoms with Crippen LogP contribution in [0.5, 0.6) is 0 Å². The van der Waals surface area contributed by atoms with Crippen LogP contribution in [0.4, 0.5) is 5.69 Å². The van der Waals surface area contributed by atoms with Crippen molar-refractivity contribution in [3.63, 3.8) is 0 Å². The van der Waals surface area contributed by atoms with Gasteiger partial charge in [-0.2, -0.15) is 0 Å². The highest BCUT2D eigenvalue weighted by Gasteiger charge is 2.10. The van der Waals surface area contributed by atoms with Crippen LogP contribution < -0.4 is 11.2 Å². The maximum absolute atomic E-state index is 11.8. The molecular weight excluding hydrogens is 234 g/mol. The number of fused-ring (bicyclic) bond motifs is 1. The van der Waals surface area contributed by atoms with Crippen LogP contribution in [0.25, 0.3) is 11.0 Å². The number of anilines is 1. The molecule has 18 heavy (non-hydrogen) atoms. The summed E-state index contributed by atoms with van der Waals surface area (Å²) in [6, 6.07) is 6.09. The molecule has 0 spiro atoms. The molecule has 2 rings (SSSR count). The Morgan fingerprint density at radius 3 is 2.89 bits per heavy atom. The van der Waals surface area contributed by atoms with E-state index in [1.165, 1.54) is 6.07 Å². The first-order valence-corrected chi connectivity index (χ1v) is 5.58. The number of nitrogen functional groups attached to an aromatic ring is 1. The Hall–Kier alpha value is -2.30. The van der Waals surface area contributed by atoms with Crippen LogP contribution in [-0.2, 0) is 16.0 Å². The minimum Gasteiger partial charge on any atom is -0.466 e. The number of benzene rings is 1. The van der Waals surface area contributed by atoms with Crippen molar-refractivity contribution in [2.45, 2.75) is 13.3 Å². The minimum absolute atomic E-state index is 0.0522. The van der Waals surface area contributed by atoms with Crippen LogP contribution >= 0.6 is 0 Å². The molecule has 0 fully saturated rings. The van der Waals surface area contributed by atoms with E-state index in [2.05, 4.69) is 0 Å². The smallest absolute Gasteiger partial charge is 0.313 e. The number of esters is 1. The maximum atomic E-state index is 11.8. The molecule has 1 heterocycles. The second-order valence-electron chi connectivity index (χ2n) is 3.81. The monoisotopic (exact) mass is 247 g/mol. The molecule has 0 amide bonds. The predicted octanol–water partition coefficient (Wildman–Crippen LogP) is 1.48. The highest BCUT2D eigenvalue weighted by molar-refractivity contribution is 5.80. The second kappa shape index (κ2) is 4.91. The van der Waals surface area contributed by atoms with Crippen LogP contribution in [0.3, 0.4) is 0 Å². The Morgan fingerprint density at radius 1 is 1.39 bits per heavy atom. The van der Waals surface area contributed by atoms with E-state index in [4.69, 9.17) is 14.9 Å². The summed E-state index contributed by atoms with van der Waals surface area (Å²) in [5, 5.41) is 0.405. The Balaban J connectivity index is 2.40. The van der Waals surface area contributed by atoms with E-state index in [1.807, 2.05) is 0 Å². The molecule has 0 aliphatic rings. The maximum Gasteiger partial charge on any atom is 0.313 e. The van der Waals surface area contributed by atoms with E-state index in [0.717, 1.165) is 0 Å². The van der Waals surface area contributed by atoms with Crippen LogP contribution in [0.15, 0.2) is 33.5 Å². The molecule has 1 aromatic carbocycles. The quantitative estimate of drug-likeness (QED) is 0.656. The molecule has 2 N–H and O–H groups in total. The van der Waals surface area contributed by atoms with Crippen LogP contribution in [0, 0.1) is 0 Å². The third kappa shape index (κ3) is 2.51. The molecule has 0 unspecified atom stereocenters. The lowest BCUT2D eigenvalue weighted by Crippen LogP contribution is -2.10. The van der Waals surface area contributed by atoms with E-state index in [-0.39, 0.29) is 17.6 Å². The number of rotatable bonds is 3. The van der Waals surface area contributed by atoms with Crippen molar-refractivity contribution in [2.24, 2.45) is 0 Å². The molecule has 0 saturated carbocycles. The zero-order chi connectivity index (χ0) is 13.1. The lowest BCUT2D eigenvalue weighted by Gasteiger charge is -2.03. The molecule has 94 valence electrons. The standard InChI is InChI=1S/C13H13NO4/c1-2-17-13(16)7-9-6-11(15)10-5-8(14)3-4-12(10)18-9/h3-6H,2,7,14H2,1H3. The fourth-order valence-corrected chi connectivity index (χ4v) is 1.67. The highest BCUT2D eigenvalue weighted by Crippen LogP contribution is 2.16. The fraction of sp³-hybridized carbons (Fsp3) is 0.231. The summed E-state index contributed by atoms with van der Waals surface area (Å²) < 4.78 is 10.3. The Kier molecular flexibility index (Phi) is 3.32. The third-order valence-electron chi connectivity index (χ3n) is 2.43. The van der Waals surface area contributed by atoms with Crippen LogP contribution in [-0.4, -0.2) is 12.6 Å².